The molecule has 1 aromatic heterocycles. The molecule has 0 radical (unpaired) electrons. The molecule has 1 rings (SSSR count). The fourth-order valence-corrected chi connectivity index (χ4v) is 2.22. The van der Waals surface area contributed by atoms with Crippen LogP contribution in [0.3, 0.4) is 0 Å². The number of unbranched alkanes of at least 4 members (excludes halogenated alkanes) is 2. The number of nitrogens with one attached hydrogen (secondary N) is 1. The molecule has 0 spiro atoms. The summed E-state index contributed by atoms with van der Waals surface area (Å²) < 4.78 is 0.981. The number of carbonyl (C=O) groups excluding carboxylic acids is 1. The quantitative estimate of drug-likeness (QED) is 0.259. The van der Waals surface area contributed by atoms with Crippen LogP contribution in [0.4, 0.5) is 5.82 Å². The Balaban J connectivity index is 2.75. The molecule has 9 nitrogen and oxygen atoms in total. The van der Waals surface area contributed by atoms with Crippen molar-refractivity contribution in [2.45, 2.75) is 45.1 Å². The first-order valence-electron chi connectivity index (χ1n) is 8.14. The SMILES string of the molecule is CCCCCNC(CCCN=C(N)N)C(=O)n1ccc(N)nc1=O. The highest BCUT2D eigenvalue weighted by atomic mass is 16.2. The van der Waals surface area contributed by atoms with E-state index in [0.717, 1.165) is 23.8 Å². The summed E-state index contributed by atoms with van der Waals surface area (Å²) in [5.41, 5.74) is 15.4. The predicted octanol–water partition coefficient (Wildman–Crippen LogP) is -0.332. The first-order valence-corrected chi connectivity index (χ1v) is 8.14. The van der Waals surface area contributed by atoms with Crippen LogP contribution >= 0.6 is 0 Å². The number of guanidine groups is 1. The summed E-state index contributed by atoms with van der Waals surface area (Å²) in [6.07, 6.45) is 5.61. The Labute approximate surface area is 141 Å². The number of hydrogen-bond acceptors (Lipinski definition) is 6. The summed E-state index contributed by atoms with van der Waals surface area (Å²) in [7, 11) is 0. The number of aliphatic imine (C=N–C) groups is 1. The van der Waals surface area contributed by atoms with Crippen molar-refractivity contribution in [3.63, 3.8) is 0 Å². The van der Waals surface area contributed by atoms with E-state index >= 15 is 0 Å². The van der Waals surface area contributed by atoms with Crippen LogP contribution in [0.25, 0.3) is 0 Å². The monoisotopic (exact) mass is 337 g/mol. The molecule has 1 aromatic rings. The molecule has 0 aromatic carbocycles. The van der Waals surface area contributed by atoms with Gasteiger partial charge < -0.3 is 22.5 Å². The van der Waals surface area contributed by atoms with E-state index in [2.05, 4.69) is 22.2 Å². The van der Waals surface area contributed by atoms with Crippen LogP contribution in [-0.2, 0) is 0 Å². The van der Waals surface area contributed by atoms with E-state index < -0.39 is 11.7 Å². The van der Waals surface area contributed by atoms with Crippen LogP contribution in [0, 0.1) is 0 Å². The van der Waals surface area contributed by atoms with Crippen molar-refractivity contribution < 1.29 is 4.79 Å². The molecule has 0 fully saturated rings. The second-order valence-electron chi connectivity index (χ2n) is 5.51. The maximum Gasteiger partial charge on any atom is 0.356 e. The van der Waals surface area contributed by atoms with Crippen molar-refractivity contribution in [1.29, 1.82) is 0 Å². The topological polar surface area (TPSA) is 154 Å². The van der Waals surface area contributed by atoms with Gasteiger partial charge in [-0.3, -0.25) is 9.79 Å². The number of aromatic nitrogens is 2. The standard InChI is InChI=1S/C15H27N7O2/c1-2-3-4-8-19-11(6-5-9-20-14(17)18)13(23)22-10-7-12(16)21-15(22)24/h7,10-11,19H,2-6,8-9H2,1H3,(H2,16,21,24)(H4,17,18,20). The lowest BCUT2D eigenvalue weighted by molar-refractivity contribution is 0.0847. The maximum absolute atomic E-state index is 12.6. The van der Waals surface area contributed by atoms with Gasteiger partial charge in [0.15, 0.2) is 5.96 Å². The number of rotatable bonds is 10. The van der Waals surface area contributed by atoms with Crippen LogP contribution in [0.15, 0.2) is 22.1 Å². The molecule has 1 unspecified atom stereocenters. The van der Waals surface area contributed by atoms with Gasteiger partial charge in [0, 0.05) is 12.7 Å². The van der Waals surface area contributed by atoms with Crippen LogP contribution in [-0.4, -0.2) is 40.5 Å². The van der Waals surface area contributed by atoms with Crippen LogP contribution in [0.5, 0.6) is 0 Å². The highest BCUT2D eigenvalue weighted by Crippen LogP contribution is 2.03. The van der Waals surface area contributed by atoms with E-state index in [0.29, 0.717) is 25.9 Å². The number of anilines is 1. The maximum atomic E-state index is 12.6. The molecule has 0 amide bonds. The lowest BCUT2D eigenvalue weighted by atomic mass is 10.1. The highest BCUT2D eigenvalue weighted by molar-refractivity contribution is 5.84. The lowest BCUT2D eigenvalue weighted by Gasteiger charge is -2.18. The number of nitrogens with zero attached hydrogens (tertiary/aromatic N) is 3. The predicted molar refractivity (Wildman–Crippen MR) is 94.8 cm³/mol. The van der Waals surface area contributed by atoms with E-state index in [1.165, 1.54) is 12.3 Å². The molecule has 0 aliphatic heterocycles. The second-order valence-corrected chi connectivity index (χ2v) is 5.51. The molecule has 0 saturated heterocycles. The van der Waals surface area contributed by atoms with E-state index in [9.17, 15) is 9.59 Å². The Bertz CT molecular complexity index is 608. The van der Waals surface area contributed by atoms with Gasteiger partial charge in [-0.25, -0.2) is 9.36 Å². The number of nitrogens with two attached hydrogens (primary N) is 3. The third-order valence-electron chi connectivity index (χ3n) is 3.48. The van der Waals surface area contributed by atoms with Crippen molar-refractivity contribution in [1.82, 2.24) is 14.9 Å². The molecule has 0 bridgehead atoms. The third kappa shape index (κ3) is 6.78. The first kappa shape index (κ1) is 19.6. The molecular weight excluding hydrogens is 310 g/mol. The zero-order valence-corrected chi connectivity index (χ0v) is 14.1. The fraction of sp³-hybridized carbons (Fsp3) is 0.600. The summed E-state index contributed by atoms with van der Waals surface area (Å²) in [6.45, 7) is 3.23. The minimum atomic E-state index is -0.676. The lowest BCUT2D eigenvalue weighted by Crippen LogP contribution is -2.44. The minimum absolute atomic E-state index is 0.0211. The van der Waals surface area contributed by atoms with Crippen molar-refractivity contribution in [2.24, 2.45) is 16.5 Å². The summed E-state index contributed by atoms with van der Waals surface area (Å²) >= 11 is 0. The average molecular weight is 337 g/mol. The molecule has 1 heterocycles. The summed E-state index contributed by atoms with van der Waals surface area (Å²) in [6, 6.07) is 0.923. The van der Waals surface area contributed by atoms with Crippen molar-refractivity contribution in [3.8, 4) is 0 Å². The molecule has 0 aliphatic carbocycles. The Morgan fingerprint density at radius 3 is 2.75 bits per heavy atom. The molecule has 0 saturated carbocycles. The van der Waals surface area contributed by atoms with Crippen LogP contribution in [0.1, 0.15) is 43.8 Å². The second kappa shape index (κ2) is 10.4. The van der Waals surface area contributed by atoms with Crippen molar-refractivity contribution in [2.75, 3.05) is 18.8 Å². The Morgan fingerprint density at radius 1 is 1.38 bits per heavy atom. The van der Waals surface area contributed by atoms with E-state index in [1.807, 2.05) is 0 Å². The molecular formula is C15H27N7O2. The zero-order chi connectivity index (χ0) is 17.9. The van der Waals surface area contributed by atoms with Gasteiger partial charge in [0.2, 0.25) is 0 Å². The molecule has 24 heavy (non-hydrogen) atoms. The number of carbonyl (C=O) groups is 1. The Morgan fingerprint density at radius 2 is 2.12 bits per heavy atom. The first-order chi connectivity index (χ1) is 11.5. The summed E-state index contributed by atoms with van der Waals surface area (Å²) in [4.78, 5) is 31.9. The summed E-state index contributed by atoms with van der Waals surface area (Å²) in [5.74, 6) is -0.245. The van der Waals surface area contributed by atoms with E-state index in [1.54, 1.807) is 0 Å². The average Bonchev–Trinajstić information content (AvgIpc) is 2.52. The molecule has 9 heteroatoms. The van der Waals surface area contributed by atoms with Crippen LogP contribution in [0.2, 0.25) is 0 Å². The third-order valence-corrected chi connectivity index (χ3v) is 3.48. The summed E-state index contributed by atoms with van der Waals surface area (Å²) in [5, 5.41) is 3.20. The van der Waals surface area contributed by atoms with Gasteiger partial charge in [0.1, 0.15) is 5.82 Å². The van der Waals surface area contributed by atoms with Gasteiger partial charge >= 0.3 is 5.69 Å². The smallest absolute Gasteiger partial charge is 0.356 e. The molecule has 7 N–H and O–H groups in total. The van der Waals surface area contributed by atoms with Gasteiger partial charge in [-0.05, 0) is 31.9 Å². The molecule has 134 valence electrons. The fourth-order valence-electron chi connectivity index (χ4n) is 2.22. The Kier molecular flexibility index (Phi) is 8.48. The van der Waals surface area contributed by atoms with Crippen LogP contribution < -0.4 is 28.2 Å². The minimum Gasteiger partial charge on any atom is -0.383 e. The largest absolute Gasteiger partial charge is 0.383 e. The van der Waals surface area contributed by atoms with E-state index in [-0.39, 0.29) is 17.7 Å². The van der Waals surface area contributed by atoms with Crippen molar-refractivity contribution in [3.05, 3.63) is 22.7 Å². The highest BCUT2D eigenvalue weighted by Gasteiger charge is 2.20. The number of hydrogen-bond donors (Lipinski definition) is 4. The Hall–Kier alpha value is -2.42. The van der Waals surface area contributed by atoms with E-state index in [4.69, 9.17) is 17.2 Å². The van der Waals surface area contributed by atoms with Gasteiger partial charge in [0.25, 0.3) is 5.91 Å². The van der Waals surface area contributed by atoms with Gasteiger partial charge in [-0.15, -0.1) is 0 Å². The molecule has 1 atom stereocenters. The van der Waals surface area contributed by atoms with Crippen molar-refractivity contribution >= 4 is 17.7 Å². The van der Waals surface area contributed by atoms with Gasteiger partial charge in [0.05, 0.1) is 6.04 Å². The number of nitrogen functional groups attached to an aromatic ring is 1. The van der Waals surface area contributed by atoms with Gasteiger partial charge in [-0.2, -0.15) is 4.98 Å². The normalized spacial score (nSPS) is 11.9. The molecule has 0 aliphatic rings. The zero-order valence-electron chi connectivity index (χ0n) is 14.1. The van der Waals surface area contributed by atoms with Gasteiger partial charge in [-0.1, -0.05) is 19.8 Å².